The summed E-state index contributed by atoms with van der Waals surface area (Å²) in [5, 5.41) is 12.7. The lowest BCUT2D eigenvalue weighted by Gasteiger charge is -2.06. The van der Waals surface area contributed by atoms with Crippen molar-refractivity contribution in [1.29, 1.82) is 0 Å². The molecular weight excluding hydrogens is 299 g/mol. The van der Waals surface area contributed by atoms with Crippen LogP contribution in [0.1, 0.15) is 10.4 Å². The lowest BCUT2D eigenvalue weighted by Crippen LogP contribution is -2.33. The summed E-state index contributed by atoms with van der Waals surface area (Å²) in [6.45, 7) is 0. The second-order valence-electron chi connectivity index (χ2n) is 4.34. The van der Waals surface area contributed by atoms with E-state index in [-0.39, 0.29) is 11.2 Å². The number of halogens is 1. The van der Waals surface area contributed by atoms with Crippen LogP contribution in [0, 0.1) is 5.82 Å². The molecule has 2 unspecified atom stereocenters. The van der Waals surface area contributed by atoms with Crippen LogP contribution in [0.5, 0.6) is 0 Å². The van der Waals surface area contributed by atoms with Gasteiger partial charge in [-0.3, -0.25) is 10.1 Å². The van der Waals surface area contributed by atoms with Crippen LogP contribution < -0.4 is 5.32 Å². The van der Waals surface area contributed by atoms with Crippen molar-refractivity contribution >= 4 is 29.1 Å². The Kier molecular flexibility index (Phi) is 3.73. The van der Waals surface area contributed by atoms with E-state index in [2.05, 4.69) is 10.3 Å². The molecule has 0 aliphatic carbocycles. The highest BCUT2D eigenvalue weighted by Gasteiger charge is 2.31. The number of aromatic nitrogens is 1. The van der Waals surface area contributed by atoms with Gasteiger partial charge in [-0.05, 0) is 17.7 Å². The van der Waals surface area contributed by atoms with Gasteiger partial charge in [-0.1, -0.05) is 12.1 Å². The van der Waals surface area contributed by atoms with E-state index >= 15 is 0 Å². The SMILES string of the molecule is O=C(O)C1CSC(c2ncc(-c3ccc(F)cc3)s2)N1. The number of rotatable bonds is 3. The van der Waals surface area contributed by atoms with Crippen molar-refractivity contribution in [3.05, 3.63) is 41.3 Å². The molecule has 0 spiro atoms. The smallest absolute Gasteiger partial charge is 0.321 e. The molecule has 0 saturated carbocycles. The first-order valence-electron chi connectivity index (χ1n) is 5.95. The number of hydrogen-bond donors (Lipinski definition) is 2. The predicted molar refractivity (Wildman–Crippen MR) is 77.3 cm³/mol. The van der Waals surface area contributed by atoms with Gasteiger partial charge in [-0.25, -0.2) is 9.37 Å². The van der Waals surface area contributed by atoms with Gasteiger partial charge in [0.25, 0.3) is 0 Å². The second kappa shape index (κ2) is 5.51. The molecule has 0 bridgehead atoms. The maximum absolute atomic E-state index is 12.9. The van der Waals surface area contributed by atoms with Crippen molar-refractivity contribution < 1.29 is 14.3 Å². The largest absolute Gasteiger partial charge is 0.480 e. The highest BCUT2D eigenvalue weighted by molar-refractivity contribution is 7.99. The summed E-state index contributed by atoms with van der Waals surface area (Å²) >= 11 is 3.03. The molecule has 0 radical (unpaired) electrons. The Morgan fingerprint density at radius 3 is 2.80 bits per heavy atom. The molecule has 2 aromatic rings. The standard InChI is InChI=1S/C13H11FN2O2S2/c14-8-3-1-7(2-4-8)10-5-15-11(20-10)12-16-9(6-19-12)13(17)18/h1-5,9,12,16H,6H2,(H,17,18). The van der Waals surface area contributed by atoms with E-state index in [1.807, 2.05) is 0 Å². The number of nitrogens with one attached hydrogen (secondary N) is 1. The van der Waals surface area contributed by atoms with E-state index in [9.17, 15) is 9.18 Å². The zero-order valence-corrected chi connectivity index (χ0v) is 11.9. The summed E-state index contributed by atoms with van der Waals surface area (Å²) in [6, 6.07) is 5.72. The molecule has 2 heterocycles. The van der Waals surface area contributed by atoms with Gasteiger partial charge in [0.2, 0.25) is 0 Å². The maximum Gasteiger partial charge on any atom is 0.321 e. The van der Waals surface area contributed by atoms with Crippen LogP contribution in [0.2, 0.25) is 0 Å². The Morgan fingerprint density at radius 2 is 2.15 bits per heavy atom. The van der Waals surface area contributed by atoms with Crippen LogP contribution in [0.4, 0.5) is 4.39 Å². The summed E-state index contributed by atoms with van der Waals surface area (Å²) in [4.78, 5) is 16.2. The van der Waals surface area contributed by atoms with Crippen LogP contribution in [-0.4, -0.2) is 27.9 Å². The third-order valence-corrected chi connectivity index (χ3v) is 5.44. The number of nitrogens with zero attached hydrogens (tertiary/aromatic N) is 1. The molecule has 0 amide bonds. The average molecular weight is 310 g/mol. The number of carboxylic acids is 1. The minimum atomic E-state index is -0.838. The molecule has 2 N–H and O–H groups in total. The van der Waals surface area contributed by atoms with E-state index in [0.29, 0.717) is 5.75 Å². The van der Waals surface area contributed by atoms with Crippen LogP contribution >= 0.6 is 23.1 Å². The van der Waals surface area contributed by atoms with E-state index in [0.717, 1.165) is 15.4 Å². The van der Waals surface area contributed by atoms with Gasteiger partial charge < -0.3 is 5.11 Å². The molecule has 7 heteroatoms. The van der Waals surface area contributed by atoms with Gasteiger partial charge >= 0.3 is 5.97 Å². The van der Waals surface area contributed by atoms with Gasteiger partial charge in [-0.2, -0.15) is 0 Å². The second-order valence-corrected chi connectivity index (χ2v) is 6.54. The number of thioether (sulfide) groups is 1. The van der Waals surface area contributed by atoms with Gasteiger partial charge in [0, 0.05) is 11.9 Å². The summed E-state index contributed by atoms with van der Waals surface area (Å²) in [7, 11) is 0. The lowest BCUT2D eigenvalue weighted by molar-refractivity contribution is -0.138. The van der Waals surface area contributed by atoms with Crippen LogP contribution in [0.3, 0.4) is 0 Å². The van der Waals surface area contributed by atoms with E-state index in [1.165, 1.54) is 35.2 Å². The van der Waals surface area contributed by atoms with E-state index in [4.69, 9.17) is 5.11 Å². The molecule has 1 saturated heterocycles. The maximum atomic E-state index is 12.9. The molecular formula is C13H11FN2O2S2. The zero-order valence-electron chi connectivity index (χ0n) is 10.2. The quantitative estimate of drug-likeness (QED) is 0.913. The minimum Gasteiger partial charge on any atom is -0.480 e. The monoisotopic (exact) mass is 310 g/mol. The summed E-state index contributed by atoms with van der Waals surface area (Å²) < 4.78 is 12.9. The molecule has 1 fully saturated rings. The molecule has 2 atom stereocenters. The van der Waals surface area contributed by atoms with Crippen molar-refractivity contribution in [3.63, 3.8) is 0 Å². The Morgan fingerprint density at radius 1 is 1.40 bits per heavy atom. The zero-order chi connectivity index (χ0) is 14.1. The van der Waals surface area contributed by atoms with Gasteiger partial charge in [0.05, 0.1) is 4.88 Å². The molecule has 4 nitrogen and oxygen atoms in total. The fraction of sp³-hybridized carbons (Fsp3) is 0.231. The average Bonchev–Trinajstić information content (AvgIpc) is 3.08. The van der Waals surface area contributed by atoms with Gasteiger partial charge in [0.1, 0.15) is 22.2 Å². The van der Waals surface area contributed by atoms with Crippen LogP contribution in [0.15, 0.2) is 30.5 Å². The summed E-state index contributed by atoms with van der Waals surface area (Å²) in [5.41, 5.74) is 0.910. The topological polar surface area (TPSA) is 62.2 Å². The van der Waals surface area contributed by atoms with Gasteiger partial charge in [-0.15, -0.1) is 23.1 Å². The molecule has 104 valence electrons. The van der Waals surface area contributed by atoms with Crippen molar-refractivity contribution in [2.24, 2.45) is 0 Å². The predicted octanol–water partition coefficient (Wildman–Crippen LogP) is 2.74. The fourth-order valence-corrected chi connectivity index (χ4v) is 4.21. The molecule has 1 aliphatic heterocycles. The lowest BCUT2D eigenvalue weighted by atomic mass is 10.2. The van der Waals surface area contributed by atoms with Crippen molar-refractivity contribution in [2.45, 2.75) is 11.4 Å². The normalized spacial score (nSPS) is 22.1. The highest BCUT2D eigenvalue weighted by atomic mass is 32.2. The first-order chi connectivity index (χ1) is 9.63. The van der Waals surface area contributed by atoms with E-state index < -0.39 is 12.0 Å². The molecule has 20 heavy (non-hydrogen) atoms. The third-order valence-electron chi connectivity index (χ3n) is 2.96. The molecule has 1 aromatic carbocycles. The Balaban J connectivity index is 1.77. The van der Waals surface area contributed by atoms with Crippen LogP contribution in [-0.2, 0) is 4.79 Å². The number of benzene rings is 1. The fourth-order valence-electron chi connectivity index (χ4n) is 1.91. The molecule has 1 aliphatic rings. The summed E-state index contributed by atoms with van der Waals surface area (Å²) in [5.74, 6) is -0.572. The molecule has 3 rings (SSSR count). The summed E-state index contributed by atoms with van der Waals surface area (Å²) in [6.07, 6.45) is 1.74. The molecule has 1 aromatic heterocycles. The third kappa shape index (κ3) is 2.70. The Hall–Kier alpha value is -1.44. The van der Waals surface area contributed by atoms with Crippen LogP contribution in [0.25, 0.3) is 10.4 Å². The first kappa shape index (κ1) is 13.5. The minimum absolute atomic E-state index is 0.0877. The van der Waals surface area contributed by atoms with Crippen molar-refractivity contribution in [3.8, 4) is 10.4 Å². The number of thiazole rings is 1. The van der Waals surface area contributed by atoms with Crippen molar-refractivity contribution in [1.82, 2.24) is 10.3 Å². The first-order valence-corrected chi connectivity index (χ1v) is 7.82. The van der Waals surface area contributed by atoms with Gasteiger partial charge in [0.15, 0.2) is 0 Å². The number of aliphatic carboxylic acids is 1. The number of carboxylic acid groups (broad SMARTS) is 1. The highest BCUT2D eigenvalue weighted by Crippen LogP contribution is 2.37. The Bertz CT molecular complexity index is 630. The number of carbonyl (C=O) groups is 1. The van der Waals surface area contributed by atoms with Crippen molar-refractivity contribution in [2.75, 3.05) is 5.75 Å². The Labute approximate surface area is 123 Å². The van der Waals surface area contributed by atoms with E-state index in [1.54, 1.807) is 18.3 Å². The number of hydrogen-bond acceptors (Lipinski definition) is 5.